The average molecular weight is 412 g/mol. The van der Waals surface area contributed by atoms with Gasteiger partial charge in [0.15, 0.2) is 0 Å². The number of carbonyl (C=O) groups excluding carboxylic acids is 3. The maximum Gasteiger partial charge on any atom is 0.313 e. The summed E-state index contributed by atoms with van der Waals surface area (Å²) < 4.78 is 4.98. The summed E-state index contributed by atoms with van der Waals surface area (Å²) in [5.41, 5.74) is 12.0. The van der Waals surface area contributed by atoms with Crippen LogP contribution in [0, 0.1) is 5.92 Å². The molecule has 2 aromatic rings. The van der Waals surface area contributed by atoms with Gasteiger partial charge in [-0.25, -0.2) is 9.97 Å². The molecule has 0 aliphatic carbocycles. The molecule has 3 heterocycles. The minimum atomic E-state index is -0.833. The van der Waals surface area contributed by atoms with Crippen LogP contribution in [0.1, 0.15) is 41.7 Å². The van der Waals surface area contributed by atoms with Gasteiger partial charge in [0.05, 0.1) is 25.0 Å². The number of likely N-dealkylation sites (tertiary alicyclic amines) is 1. The molecule has 5 N–H and O–H groups in total. The van der Waals surface area contributed by atoms with Gasteiger partial charge in [0.1, 0.15) is 11.4 Å². The molecule has 2 aromatic heterocycles. The summed E-state index contributed by atoms with van der Waals surface area (Å²) >= 11 is 0. The van der Waals surface area contributed by atoms with E-state index in [1.165, 1.54) is 19.4 Å². The number of nitrogens with one attached hydrogen (secondary N) is 1. The van der Waals surface area contributed by atoms with E-state index in [4.69, 9.17) is 16.2 Å². The van der Waals surface area contributed by atoms with Gasteiger partial charge in [-0.2, -0.15) is 0 Å². The summed E-state index contributed by atoms with van der Waals surface area (Å²) in [5.74, 6) is -1.60. The number of nitrogens with two attached hydrogens (primary N) is 2. The molecule has 0 saturated carbocycles. The standard InChI is InChI=1S/C20H24N6O4/c1-11-3-5-15(12-4-6-16(21)23-8-12)26(10-11)20(29)18(28)25-13-7-14(17(22)27)19(30-2)24-9-13/h4,6-9,11,15H,3,5,10H2,1-2H3,(H2,21,23)(H2,22,27)(H,25,28)/t11-,15+/m1/s1. The number of anilines is 2. The van der Waals surface area contributed by atoms with E-state index in [0.29, 0.717) is 18.8 Å². The monoisotopic (exact) mass is 412 g/mol. The van der Waals surface area contributed by atoms with E-state index in [9.17, 15) is 14.4 Å². The lowest BCUT2D eigenvalue weighted by Gasteiger charge is -2.38. The van der Waals surface area contributed by atoms with E-state index in [-0.39, 0.29) is 29.1 Å². The largest absolute Gasteiger partial charge is 0.480 e. The lowest BCUT2D eigenvalue weighted by Crippen LogP contribution is -2.46. The fraction of sp³-hybridized carbons (Fsp3) is 0.350. The SMILES string of the molecule is COc1ncc(NC(=O)C(=O)N2C[C@H](C)CC[C@H]2c2ccc(N)nc2)cc1C(N)=O. The van der Waals surface area contributed by atoms with E-state index in [1.54, 1.807) is 17.2 Å². The zero-order chi connectivity index (χ0) is 21.8. The first-order valence-corrected chi connectivity index (χ1v) is 9.47. The smallest absolute Gasteiger partial charge is 0.313 e. The van der Waals surface area contributed by atoms with E-state index in [1.807, 2.05) is 13.0 Å². The molecule has 0 spiro atoms. The van der Waals surface area contributed by atoms with Gasteiger partial charge < -0.3 is 26.4 Å². The van der Waals surface area contributed by atoms with Crippen molar-refractivity contribution in [2.45, 2.75) is 25.8 Å². The number of nitrogen functional groups attached to an aromatic ring is 1. The second kappa shape index (κ2) is 8.76. The maximum atomic E-state index is 13.0. The number of nitrogens with zero attached hydrogens (tertiary/aromatic N) is 3. The van der Waals surface area contributed by atoms with Crippen LogP contribution in [0.5, 0.6) is 5.88 Å². The van der Waals surface area contributed by atoms with Gasteiger partial charge in [-0.1, -0.05) is 13.0 Å². The predicted molar refractivity (Wildman–Crippen MR) is 109 cm³/mol. The first kappa shape index (κ1) is 21.0. The summed E-state index contributed by atoms with van der Waals surface area (Å²) in [6.45, 7) is 2.47. The molecule has 1 fully saturated rings. The molecule has 0 aromatic carbocycles. The first-order valence-electron chi connectivity index (χ1n) is 9.47. The fourth-order valence-corrected chi connectivity index (χ4v) is 3.51. The highest BCUT2D eigenvalue weighted by Gasteiger charge is 2.34. The second-order valence-corrected chi connectivity index (χ2v) is 7.27. The molecular weight excluding hydrogens is 388 g/mol. The second-order valence-electron chi connectivity index (χ2n) is 7.27. The Bertz CT molecular complexity index is 962. The summed E-state index contributed by atoms with van der Waals surface area (Å²) in [6, 6.07) is 4.53. The van der Waals surface area contributed by atoms with Gasteiger partial charge in [-0.05, 0) is 36.5 Å². The maximum absolute atomic E-state index is 13.0. The van der Waals surface area contributed by atoms with E-state index in [0.717, 1.165) is 12.0 Å². The molecule has 1 aliphatic rings. The molecule has 10 heteroatoms. The highest BCUT2D eigenvalue weighted by atomic mass is 16.5. The number of rotatable bonds is 4. The van der Waals surface area contributed by atoms with Crippen molar-refractivity contribution in [3.05, 3.63) is 41.7 Å². The lowest BCUT2D eigenvalue weighted by molar-refractivity contribution is -0.146. The fourth-order valence-electron chi connectivity index (χ4n) is 3.51. The van der Waals surface area contributed by atoms with Gasteiger partial charge in [0.2, 0.25) is 5.88 Å². The van der Waals surface area contributed by atoms with Crippen molar-refractivity contribution in [1.82, 2.24) is 14.9 Å². The van der Waals surface area contributed by atoms with Crippen molar-refractivity contribution in [2.75, 3.05) is 24.7 Å². The van der Waals surface area contributed by atoms with Gasteiger partial charge in [-0.15, -0.1) is 0 Å². The molecule has 3 amide bonds. The predicted octanol–water partition coefficient (Wildman–Crippen LogP) is 1.10. The Morgan fingerprint density at radius 3 is 2.60 bits per heavy atom. The molecular formula is C20H24N6O4. The topological polar surface area (TPSA) is 154 Å². The van der Waals surface area contributed by atoms with E-state index >= 15 is 0 Å². The Hall–Kier alpha value is -3.69. The Labute approximate surface area is 173 Å². The number of carbonyl (C=O) groups is 3. The van der Waals surface area contributed by atoms with Gasteiger partial charge in [-0.3, -0.25) is 14.4 Å². The van der Waals surface area contributed by atoms with Crippen LogP contribution in [0.15, 0.2) is 30.6 Å². The Morgan fingerprint density at radius 1 is 1.20 bits per heavy atom. The lowest BCUT2D eigenvalue weighted by atomic mass is 9.90. The number of hydrogen-bond acceptors (Lipinski definition) is 7. The highest BCUT2D eigenvalue weighted by molar-refractivity contribution is 6.39. The summed E-state index contributed by atoms with van der Waals surface area (Å²) in [6.07, 6.45) is 4.55. The van der Waals surface area contributed by atoms with Crippen LogP contribution in [-0.4, -0.2) is 46.2 Å². The van der Waals surface area contributed by atoms with Crippen LogP contribution in [-0.2, 0) is 9.59 Å². The quantitative estimate of drug-likeness (QED) is 0.636. The van der Waals surface area contributed by atoms with Crippen LogP contribution >= 0.6 is 0 Å². The third kappa shape index (κ3) is 4.48. The molecule has 158 valence electrons. The third-order valence-electron chi connectivity index (χ3n) is 5.03. The molecule has 3 rings (SSSR count). The first-order chi connectivity index (χ1) is 14.3. The number of pyridine rings is 2. The normalized spacial score (nSPS) is 18.5. The average Bonchev–Trinajstić information content (AvgIpc) is 2.73. The third-order valence-corrected chi connectivity index (χ3v) is 5.03. The molecule has 0 unspecified atom stereocenters. The minimum absolute atomic E-state index is 0.000156. The summed E-state index contributed by atoms with van der Waals surface area (Å²) in [4.78, 5) is 46.8. The minimum Gasteiger partial charge on any atom is -0.480 e. The van der Waals surface area contributed by atoms with Crippen molar-refractivity contribution in [1.29, 1.82) is 0 Å². The van der Waals surface area contributed by atoms with Crippen molar-refractivity contribution in [3.8, 4) is 5.88 Å². The molecule has 0 bridgehead atoms. The molecule has 10 nitrogen and oxygen atoms in total. The Kier molecular flexibility index (Phi) is 6.14. The number of methoxy groups -OCH3 is 1. The van der Waals surface area contributed by atoms with Crippen molar-refractivity contribution in [2.24, 2.45) is 11.7 Å². The van der Waals surface area contributed by atoms with Gasteiger partial charge in [0.25, 0.3) is 5.91 Å². The van der Waals surface area contributed by atoms with E-state index < -0.39 is 17.7 Å². The van der Waals surface area contributed by atoms with E-state index in [2.05, 4.69) is 15.3 Å². The van der Waals surface area contributed by atoms with Gasteiger partial charge >= 0.3 is 11.8 Å². The number of piperidine rings is 1. The van der Waals surface area contributed by atoms with Gasteiger partial charge in [0, 0.05) is 12.7 Å². The van der Waals surface area contributed by atoms with Crippen LogP contribution < -0.4 is 21.5 Å². The summed E-state index contributed by atoms with van der Waals surface area (Å²) in [5, 5.41) is 2.49. The molecule has 1 saturated heterocycles. The molecule has 1 aliphatic heterocycles. The number of primary amides is 1. The number of aromatic nitrogens is 2. The summed E-state index contributed by atoms with van der Waals surface area (Å²) in [7, 11) is 1.35. The number of ether oxygens (including phenoxy) is 1. The molecule has 2 atom stereocenters. The zero-order valence-corrected chi connectivity index (χ0v) is 16.8. The van der Waals surface area contributed by atoms with Crippen molar-refractivity contribution >= 4 is 29.2 Å². The highest BCUT2D eigenvalue weighted by Crippen LogP contribution is 2.33. The molecule has 30 heavy (non-hydrogen) atoms. The Morgan fingerprint density at radius 2 is 1.97 bits per heavy atom. The van der Waals surface area contributed by atoms with Crippen LogP contribution in [0.25, 0.3) is 0 Å². The van der Waals surface area contributed by atoms with Crippen molar-refractivity contribution in [3.63, 3.8) is 0 Å². The van der Waals surface area contributed by atoms with Crippen LogP contribution in [0.2, 0.25) is 0 Å². The number of hydrogen-bond donors (Lipinski definition) is 3. The number of amides is 3. The van der Waals surface area contributed by atoms with Crippen LogP contribution in [0.3, 0.4) is 0 Å². The zero-order valence-electron chi connectivity index (χ0n) is 16.8. The molecule has 0 radical (unpaired) electrons. The Balaban J connectivity index is 1.80. The van der Waals surface area contributed by atoms with Crippen LogP contribution in [0.4, 0.5) is 11.5 Å². The van der Waals surface area contributed by atoms with Crippen molar-refractivity contribution < 1.29 is 19.1 Å².